The average Bonchev–Trinajstić information content (AvgIpc) is 2.37. The third-order valence-corrected chi connectivity index (χ3v) is 2.97. The number of carbonyl (C=O) groups excluding carboxylic acids is 1. The topological polar surface area (TPSA) is 38.3 Å². The molecule has 0 aromatic carbocycles. The fraction of sp³-hybridized carbons (Fsp3) is 0.933. The summed E-state index contributed by atoms with van der Waals surface area (Å²) < 4.78 is 5.08. The fourth-order valence-corrected chi connectivity index (χ4v) is 1.75. The van der Waals surface area contributed by atoms with Crippen molar-refractivity contribution in [2.45, 2.75) is 71.6 Å². The summed E-state index contributed by atoms with van der Waals surface area (Å²) in [5.41, 5.74) is 0. The molecule has 108 valence electrons. The molecule has 3 heteroatoms. The Morgan fingerprint density at radius 3 is 2.28 bits per heavy atom. The van der Waals surface area contributed by atoms with Crippen molar-refractivity contribution in [2.24, 2.45) is 0 Å². The third-order valence-electron chi connectivity index (χ3n) is 2.97. The van der Waals surface area contributed by atoms with Crippen molar-refractivity contribution in [3.05, 3.63) is 0 Å². The lowest BCUT2D eigenvalue weighted by Gasteiger charge is -2.05. The first-order valence-electron chi connectivity index (χ1n) is 7.67. The first-order chi connectivity index (χ1) is 8.81. The summed E-state index contributed by atoms with van der Waals surface area (Å²) in [6.07, 6.45) is 10.4. The van der Waals surface area contributed by atoms with E-state index < -0.39 is 0 Å². The van der Waals surface area contributed by atoms with Crippen LogP contribution >= 0.6 is 0 Å². The highest BCUT2D eigenvalue weighted by Gasteiger charge is 2.01. The quantitative estimate of drug-likeness (QED) is 0.404. The summed E-state index contributed by atoms with van der Waals surface area (Å²) in [5, 5.41) is 3.30. The van der Waals surface area contributed by atoms with Gasteiger partial charge in [-0.05, 0) is 19.4 Å². The molecule has 0 aliphatic heterocycles. The van der Waals surface area contributed by atoms with Gasteiger partial charge in [-0.15, -0.1) is 0 Å². The van der Waals surface area contributed by atoms with E-state index >= 15 is 0 Å². The van der Waals surface area contributed by atoms with Crippen LogP contribution in [-0.2, 0) is 9.53 Å². The molecule has 0 heterocycles. The van der Waals surface area contributed by atoms with E-state index in [0.29, 0.717) is 13.0 Å². The van der Waals surface area contributed by atoms with Crippen molar-refractivity contribution < 1.29 is 9.53 Å². The van der Waals surface area contributed by atoms with E-state index in [0.717, 1.165) is 25.9 Å². The van der Waals surface area contributed by atoms with Crippen LogP contribution in [-0.4, -0.2) is 25.7 Å². The maximum Gasteiger partial charge on any atom is 0.307 e. The van der Waals surface area contributed by atoms with Crippen LogP contribution in [0.4, 0.5) is 0 Å². The fourth-order valence-electron chi connectivity index (χ4n) is 1.75. The van der Waals surface area contributed by atoms with Crippen LogP contribution in [0, 0.1) is 0 Å². The van der Waals surface area contributed by atoms with Gasteiger partial charge in [0, 0.05) is 6.54 Å². The third kappa shape index (κ3) is 13.5. The van der Waals surface area contributed by atoms with E-state index in [-0.39, 0.29) is 5.97 Å². The van der Waals surface area contributed by atoms with Crippen LogP contribution < -0.4 is 5.32 Å². The van der Waals surface area contributed by atoms with Crippen LogP contribution in [0.2, 0.25) is 0 Å². The molecule has 0 unspecified atom stereocenters. The molecular formula is C15H31NO2. The molecule has 0 aromatic heterocycles. The molecular weight excluding hydrogens is 226 g/mol. The van der Waals surface area contributed by atoms with Crippen molar-refractivity contribution in [1.29, 1.82) is 0 Å². The average molecular weight is 257 g/mol. The van der Waals surface area contributed by atoms with Gasteiger partial charge in [0.05, 0.1) is 13.0 Å². The zero-order valence-corrected chi connectivity index (χ0v) is 12.3. The Morgan fingerprint density at radius 2 is 1.56 bits per heavy atom. The highest BCUT2D eigenvalue weighted by atomic mass is 16.5. The van der Waals surface area contributed by atoms with Gasteiger partial charge in [-0.2, -0.15) is 0 Å². The largest absolute Gasteiger partial charge is 0.466 e. The minimum absolute atomic E-state index is 0.0705. The van der Waals surface area contributed by atoms with Gasteiger partial charge in [-0.25, -0.2) is 0 Å². The Morgan fingerprint density at radius 1 is 0.889 bits per heavy atom. The number of carbonyl (C=O) groups is 1. The smallest absolute Gasteiger partial charge is 0.307 e. The molecule has 18 heavy (non-hydrogen) atoms. The molecule has 0 aliphatic carbocycles. The lowest BCUT2D eigenvalue weighted by Crippen LogP contribution is -2.20. The highest BCUT2D eigenvalue weighted by Crippen LogP contribution is 2.03. The number of unbranched alkanes of at least 4 members (excludes halogenated alkanes) is 6. The molecule has 0 amide bonds. The normalized spacial score (nSPS) is 10.6. The predicted octanol–water partition coefficient (Wildman–Crippen LogP) is 3.67. The Balaban J connectivity index is 3.08. The first-order valence-corrected chi connectivity index (χ1v) is 7.67. The van der Waals surface area contributed by atoms with Crippen molar-refractivity contribution in [3.63, 3.8) is 0 Å². The molecule has 0 atom stereocenters. The monoisotopic (exact) mass is 257 g/mol. The Labute approximate surface area is 113 Å². The van der Waals surface area contributed by atoms with Crippen molar-refractivity contribution in [3.8, 4) is 0 Å². The maximum atomic E-state index is 11.3. The SMILES string of the molecule is CCCCCCCCNCCC(=O)OCCCC. The highest BCUT2D eigenvalue weighted by molar-refractivity contribution is 5.69. The standard InChI is InChI=1S/C15H31NO2/c1-3-5-7-8-9-10-12-16-13-11-15(17)18-14-6-4-2/h16H,3-14H2,1-2H3. The van der Waals surface area contributed by atoms with Crippen LogP contribution in [0.1, 0.15) is 71.6 Å². The number of hydrogen-bond donors (Lipinski definition) is 1. The van der Waals surface area contributed by atoms with Crippen LogP contribution in [0.3, 0.4) is 0 Å². The molecule has 0 rings (SSSR count). The predicted molar refractivity (Wildman–Crippen MR) is 76.7 cm³/mol. The number of rotatable bonds is 13. The minimum atomic E-state index is -0.0705. The van der Waals surface area contributed by atoms with E-state index in [2.05, 4.69) is 19.2 Å². The maximum absolute atomic E-state index is 11.3. The van der Waals surface area contributed by atoms with E-state index in [1.807, 2.05) is 0 Å². The Kier molecular flexibility index (Phi) is 14.0. The summed E-state index contributed by atoms with van der Waals surface area (Å²) in [4.78, 5) is 11.3. The molecule has 0 saturated heterocycles. The summed E-state index contributed by atoms with van der Waals surface area (Å²) in [6, 6.07) is 0. The van der Waals surface area contributed by atoms with Gasteiger partial charge in [0.25, 0.3) is 0 Å². The van der Waals surface area contributed by atoms with Gasteiger partial charge in [0.1, 0.15) is 0 Å². The molecule has 1 N–H and O–H groups in total. The van der Waals surface area contributed by atoms with Gasteiger partial charge in [0.2, 0.25) is 0 Å². The van der Waals surface area contributed by atoms with E-state index in [4.69, 9.17) is 4.74 Å². The Bertz CT molecular complexity index is 183. The first kappa shape index (κ1) is 17.4. The van der Waals surface area contributed by atoms with Crippen molar-refractivity contribution in [1.82, 2.24) is 5.32 Å². The van der Waals surface area contributed by atoms with E-state index in [9.17, 15) is 4.79 Å². The molecule has 0 bridgehead atoms. The molecule has 0 spiro atoms. The molecule has 0 radical (unpaired) electrons. The van der Waals surface area contributed by atoms with E-state index in [1.165, 1.54) is 38.5 Å². The molecule has 0 saturated carbocycles. The molecule has 0 aromatic rings. The van der Waals surface area contributed by atoms with Crippen molar-refractivity contribution >= 4 is 5.97 Å². The summed E-state index contributed by atoms with van der Waals surface area (Å²) in [6.45, 7) is 6.68. The number of ether oxygens (including phenoxy) is 1. The second-order valence-electron chi connectivity index (χ2n) is 4.84. The lowest BCUT2D eigenvalue weighted by atomic mass is 10.1. The zero-order chi connectivity index (χ0) is 13.5. The van der Waals surface area contributed by atoms with Crippen LogP contribution in [0.25, 0.3) is 0 Å². The second-order valence-corrected chi connectivity index (χ2v) is 4.84. The number of nitrogens with one attached hydrogen (secondary N) is 1. The van der Waals surface area contributed by atoms with Gasteiger partial charge < -0.3 is 10.1 Å². The second kappa shape index (κ2) is 14.5. The van der Waals surface area contributed by atoms with Gasteiger partial charge in [0.15, 0.2) is 0 Å². The number of esters is 1. The molecule has 0 aliphatic rings. The van der Waals surface area contributed by atoms with Crippen LogP contribution in [0.5, 0.6) is 0 Å². The molecule has 0 fully saturated rings. The number of hydrogen-bond acceptors (Lipinski definition) is 3. The molecule has 3 nitrogen and oxygen atoms in total. The minimum Gasteiger partial charge on any atom is -0.466 e. The van der Waals surface area contributed by atoms with Gasteiger partial charge in [-0.3, -0.25) is 4.79 Å². The summed E-state index contributed by atoms with van der Waals surface area (Å²) >= 11 is 0. The van der Waals surface area contributed by atoms with Gasteiger partial charge >= 0.3 is 5.97 Å². The van der Waals surface area contributed by atoms with Crippen LogP contribution in [0.15, 0.2) is 0 Å². The van der Waals surface area contributed by atoms with E-state index in [1.54, 1.807) is 0 Å². The Hall–Kier alpha value is -0.570. The van der Waals surface area contributed by atoms with Crippen molar-refractivity contribution in [2.75, 3.05) is 19.7 Å². The lowest BCUT2D eigenvalue weighted by molar-refractivity contribution is -0.143. The summed E-state index contributed by atoms with van der Waals surface area (Å²) in [7, 11) is 0. The summed E-state index contributed by atoms with van der Waals surface area (Å²) in [5.74, 6) is -0.0705. The zero-order valence-electron chi connectivity index (χ0n) is 12.3. The van der Waals surface area contributed by atoms with Gasteiger partial charge in [-0.1, -0.05) is 52.4 Å².